The Morgan fingerprint density at radius 3 is 2.62 bits per heavy atom. The van der Waals surface area contributed by atoms with Gasteiger partial charge < -0.3 is 14.8 Å². The van der Waals surface area contributed by atoms with E-state index < -0.39 is 5.97 Å². The number of halogens is 2. The number of esters is 1. The Hall–Kier alpha value is -1.30. The van der Waals surface area contributed by atoms with E-state index in [0.29, 0.717) is 16.6 Å². The Balaban J connectivity index is 1.76. The molecule has 0 spiro atoms. The van der Waals surface area contributed by atoms with Gasteiger partial charge in [-0.25, -0.2) is 4.79 Å². The number of hydrogen-bond donors (Lipinski definition) is 1. The van der Waals surface area contributed by atoms with E-state index in [-0.39, 0.29) is 24.2 Å². The SMILES string of the molecule is O=C(COC(=O)c1cc(Cl)cc(Cl)c1)NCC1CCCO1. The summed E-state index contributed by atoms with van der Waals surface area (Å²) in [6, 6.07) is 4.37. The molecule has 114 valence electrons. The fourth-order valence-electron chi connectivity index (χ4n) is 1.97. The molecule has 1 aromatic rings. The van der Waals surface area contributed by atoms with Gasteiger partial charge in [0.05, 0.1) is 11.7 Å². The highest BCUT2D eigenvalue weighted by molar-refractivity contribution is 6.35. The lowest BCUT2D eigenvalue weighted by Crippen LogP contribution is -2.34. The van der Waals surface area contributed by atoms with Crippen LogP contribution in [0.1, 0.15) is 23.2 Å². The first-order valence-electron chi connectivity index (χ1n) is 6.56. The van der Waals surface area contributed by atoms with Gasteiger partial charge in [-0.1, -0.05) is 23.2 Å². The van der Waals surface area contributed by atoms with Crippen LogP contribution in [0.2, 0.25) is 10.0 Å². The molecule has 1 aliphatic rings. The molecule has 0 aromatic heterocycles. The Morgan fingerprint density at radius 2 is 2.00 bits per heavy atom. The van der Waals surface area contributed by atoms with Gasteiger partial charge in [0, 0.05) is 23.2 Å². The van der Waals surface area contributed by atoms with E-state index in [0.717, 1.165) is 19.4 Å². The fourth-order valence-corrected chi connectivity index (χ4v) is 2.50. The summed E-state index contributed by atoms with van der Waals surface area (Å²) in [6.45, 7) is 0.806. The van der Waals surface area contributed by atoms with Gasteiger partial charge >= 0.3 is 5.97 Å². The van der Waals surface area contributed by atoms with Crippen molar-refractivity contribution < 1.29 is 19.1 Å². The maximum Gasteiger partial charge on any atom is 0.338 e. The second-order valence-corrected chi connectivity index (χ2v) is 5.55. The minimum Gasteiger partial charge on any atom is -0.452 e. The van der Waals surface area contributed by atoms with Gasteiger partial charge in [-0.2, -0.15) is 0 Å². The molecule has 1 N–H and O–H groups in total. The van der Waals surface area contributed by atoms with E-state index in [2.05, 4.69) is 5.32 Å². The second-order valence-electron chi connectivity index (χ2n) is 4.67. The summed E-state index contributed by atoms with van der Waals surface area (Å²) >= 11 is 11.6. The third kappa shape index (κ3) is 5.19. The zero-order valence-corrected chi connectivity index (χ0v) is 12.7. The highest BCUT2D eigenvalue weighted by Gasteiger charge is 2.17. The number of carbonyl (C=O) groups is 2. The second kappa shape index (κ2) is 7.64. The monoisotopic (exact) mass is 331 g/mol. The molecule has 7 heteroatoms. The molecule has 1 aliphatic heterocycles. The predicted molar refractivity (Wildman–Crippen MR) is 78.7 cm³/mol. The van der Waals surface area contributed by atoms with Crippen molar-refractivity contribution in [1.29, 1.82) is 0 Å². The van der Waals surface area contributed by atoms with Gasteiger partial charge in [0.1, 0.15) is 0 Å². The molecule has 21 heavy (non-hydrogen) atoms. The summed E-state index contributed by atoms with van der Waals surface area (Å²) in [7, 11) is 0. The van der Waals surface area contributed by atoms with Crippen LogP contribution in [0.25, 0.3) is 0 Å². The highest BCUT2D eigenvalue weighted by Crippen LogP contribution is 2.19. The minimum atomic E-state index is -0.647. The summed E-state index contributed by atoms with van der Waals surface area (Å²) in [4.78, 5) is 23.3. The fraction of sp³-hybridized carbons (Fsp3) is 0.429. The average Bonchev–Trinajstić information content (AvgIpc) is 2.94. The standard InChI is InChI=1S/C14H15Cl2NO4/c15-10-4-9(5-11(16)6-10)14(19)21-8-13(18)17-7-12-2-1-3-20-12/h4-6,12H,1-3,7-8H2,(H,17,18). The van der Waals surface area contributed by atoms with Gasteiger partial charge in [-0.15, -0.1) is 0 Å². The molecule has 0 saturated carbocycles. The number of ether oxygens (including phenoxy) is 2. The van der Waals surface area contributed by atoms with Crippen LogP contribution in [0, 0.1) is 0 Å². The van der Waals surface area contributed by atoms with Crippen LogP contribution >= 0.6 is 23.2 Å². The number of rotatable bonds is 5. The van der Waals surface area contributed by atoms with E-state index in [9.17, 15) is 9.59 Å². The van der Waals surface area contributed by atoms with Crippen molar-refractivity contribution in [3.05, 3.63) is 33.8 Å². The molecule has 1 unspecified atom stereocenters. The van der Waals surface area contributed by atoms with Crippen molar-refractivity contribution in [2.75, 3.05) is 19.8 Å². The molecule has 1 saturated heterocycles. The molecule has 0 bridgehead atoms. The van der Waals surface area contributed by atoms with Crippen LogP contribution in [0.5, 0.6) is 0 Å². The largest absolute Gasteiger partial charge is 0.452 e. The maximum absolute atomic E-state index is 11.8. The maximum atomic E-state index is 11.8. The van der Waals surface area contributed by atoms with Crippen LogP contribution in [0.4, 0.5) is 0 Å². The molecule has 5 nitrogen and oxygen atoms in total. The zero-order chi connectivity index (χ0) is 15.2. The van der Waals surface area contributed by atoms with Crippen molar-refractivity contribution in [1.82, 2.24) is 5.32 Å². The molecule has 1 heterocycles. The molecule has 1 fully saturated rings. The summed E-state index contributed by atoms with van der Waals surface area (Å²) in [5, 5.41) is 3.32. The van der Waals surface area contributed by atoms with E-state index >= 15 is 0 Å². The smallest absolute Gasteiger partial charge is 0.338 e. The Labute approximate surface area is 132 Å². The molecule has 0 radical (unpaired) electrons. The minimum absolute atomic E-state index is 0.0522. The molecule has 1 aromatic carbocycles. The van der Waals surface area contributed by atoms with Gasteiger partial charge in [-0.05, 0) is 31.0 Å². The molecular formula is C14H15Cl2NO4. The van der Waals surface area contributed by atoms with Crippen LogP contribution in [-0.2, 0) is 14.3 Å². The molecule has 0 aliphatic carbocycles. The topological polar surface area (TPSA) is 64.6 Å². The molecule has 1 atom stereocenters. The lowest BCUT2D eigenvalue weighted by atomic mass is 10.2. The molecule has 1 amide bonds. The molecule has 2 rings (SSSR count). The van der Waals surface area contributed by atoms with Gasteiger partial charge in [-0.3, -0.25) is 4.79 Å². The normalized spacial score (nSPS) is 17.5. The third-order valence-corrected chi connectivity index (χ3v) is 3.42. The van der Waals surface area contributed by atoms with Crippen LogP contribution in [0.15, 0.2) is 18.2 Å². The van der Waals surface area contributed by atoms with Crippen LogP contribution < -0.4 is 5.32 Å². The van der Waals surface area contributed by atoms with Crippen LogP contribution in [0.3, 0.4) is 0 Å². The number of hydrogen-bond acceptors (Lipinski definition) is 4. The van der Waals surface area contributed by atoms with Crippen molar-refractivity contribution >= 4 is 35.1 Å². The Bertz CT molecular complexity index is 509. The molecular weight excluding hydrogens is 317 g/mol. The highest BCUT2D eigenvalue weighted by atomic mass is 35.5. The number of amides is 1. The number of nitrogens with one attached hydrogen (secondary N) is 1. The van der Waals surface area contributed by atoms with Crippen LogP contribution in [-0.4, -0.2) is 37.7 Å². The number of benzene rings is 1. The van der Waals surface area contributed by atoms with E-state index in [4.69, 9.17) is 32.7 Å². The lowest BCUT2D eigenvalue weighted by molar-refractivity contribution is -0.124. The first-order chi connectivity index (χ1) is 10.0. The first kappa shape index (κ1) is 16.1. The lowest BCUT2D eigenvalue weighted by Gasteiger charge is -2.11. The zero-order valence-electron chi connectivity index (χ0n) is 11.2. The van der Waals surface area contributed by atoms with Crippen molar-refractivity contribution in [3.8, 4) is 0 Å². The summed E-state index contributed by atoms with van der Waals surface area (Å²) in [6.07, 6.45) is 1.99. The number of carbonyl (C=O) groups excluding carboxylic acids is 2. The summed E-state index contributed by atoms with van der Waals surface area (Å²) < 4.78 is 10.3. The summed E-state index contributed by atoms with van der Waals surface area (Å²) in [5.74, 6) is -1.02. The summed E-state index contributed by atoms with van der Waals surface area (Å²) in [5.41, 5.74) is 0.208. The van der Waals surface area contributed by atoms with E-state index in [1.165, 1.54) is 18.2 Å². The van der Waals surface area contributed by atoms with Gasteiger partial charge in [0.15, 0.2) is 6.61 Å². The average molecular weight is 332 g/mol. The Morgan fingerprint density at radius 1 is 1.29 bits per heavy atom. The van der Waals surface area contributed by atoms with Gasteiger partial charge in [0.25, 0.3) is 5.91 Å². The van der Waals surface area contributed by atoms with E-state index in [1.807, 2.05) is 0 Å². The first-order valence-corrected chi connectivity index (χ1v) is 7.31. The van der Waals surface area contributed by atoms with Crippen molar-refractivity contribution in [3.63, 3.8) is 0 Å². The van der Waals surface area contributed by atoms with E-state index in [1.54, 1.807) is 0 Å². The van der Waals surface area contributed by atoms with Crippen molar-refractivity contribution in [2.45, 2.75) is 18.9 Å². The predicted octanol–water partition coefficient (Wildman–Crippen LogP) is 2.45. The van der Waals surface area contributed by atoms with Gasteiger partial charge in [0.2, 0.25) is 0 Å². The Kier molecular flexibility index (Phi) is 5.85. The van der Waals surface area contributed by atoms with Crippen molar-refractivity contribution in [2.24, 2.45) is 0 Å². The quantitative estimate of drug-likeness (QED) is 0.841. The third-order valence-electron chi connectivity index (χ3n) is 2.98.